The van der Waals surface area contributed by atoms with Crippen molar-refractivity contribution in [3.05, 3.63) is 12.2 Å². The van der Waals surface area contributed by atoms with Crippen molar-refractivity contribution in [1.29, 1.82) is 0 Å². The van der Waals surface area contributed by atoms with E-state index in [0.29, 0.717) is 24.3 Å². The molecule has 0 aromatic rings. The Morgan fingerprint density at radius 3 is 2.55 bits per heavy atom. The van der Waals surface area contributed by atoms with Crippen LogP contribution in [0.2, 0.25) is 0 Å². The molecule has 0 aromatic heterocycles. The monoisotopic (exact) mass is 307 g/mol. The van der Waals surface area contributed by atoms with Crippen LogP contribution in [0.15, 0.2) is 17.1 Å². The molecule has 0 unspecified atom stereocenters. The molecule has 22 heavy (non-hydrogen) atoms. The molecule has 1 amide bonds. The fraction of sp³-hybridized carbons (Fsp3) is 0.750. The lowest BCUT2D eigenvalue weighted by Crippen LogP contribution is -2.52. The first-order valence-electron chi connectivity index (χ1n) is 8.25. The number of hydrogen-bond donors (Lipinski definition) is 2. The zero-order valence-electron chi connectivity index (χ0n) is 13.7. The minimum Gasteiger partial charge on any atom is -0.370 e. The number of nitrogens with two attached hydrogens (primary N) is 1. The highest BCUT2D eigenvalue weighted by Gasteiger charge is 2.30. The Labute approximate surface area is 133 Å². The van der Waals surface area contributed by atoms with Crippen molar-refractivity contribution in [1.82, 2.24) is 15.1 Å². The van der Waals surface area contributed by atoms with Crippen LogP contribution in [0.3, 0.4) is 0 Å². The molecule has 0 atom stereocenters. The molecular weight excluding hydrogens is 278 g/mol. The smallest absolute Gasteiger partial charge is 0.225 e. The van der Waals surface area contributed by atoms with Gasteiger partial charge in [-0.15, -0.1) is 0 Å². The highest BCUT2D eigenvalue weighted by molar-refractivity contribution is 5.79. The van der Waals surface area contributed by atoms with Gasteiger partial charge >= 0.3 is 0 Å². The van der Waals surface area contributed by atoms with Crippen LogP contribution >= 0.6 is 0 Å². The van der Waals surface area contributed by atoms with Crippen molar-refractivity contribution in [2.45, 2.75) is 26.2 Å². The Kier molecular flexibility index (Phi) is 6.24. The standard InChI is InChI=1S/C16H29N5O/c1-13(2)12-19-16(17)18-6-7-20-8-10-21(11-9-20)15(22)14-4-3-5-14/h14H,1,3-12H2,2H3,(H3,17,18,19). The maximum absolute atomic E-state index is 12.2. The van der Waals surface area contributed by atoms with Crippen molar-refractivity contribution in [2.24, 2.45) is 16.6 Å². The van der Waals surface area contributed by atoms with Crippen LogP contribution in [0.25, 0.3) is 0 Å². The molecule has 0 aromatic carbocycles. The first-order chi connectivity index (χ1) is 10.6. The quantitative estimate of drug-likeness (QED) is 0.423. The van der Waals surface area contributed by atoms with Crippen LogP contribution in [-0.4, -0.2) is 67.5 Å². The topological polar surface area (TPSA) is 74.0 Å². The Morgan fingerprint density at radius 1 is 1.32 bits per heavy atom. The van der Waals surface area contributed by atoms with Crippen LogP contribution in [0.1, 0.15) is 26.2 Å². The maximum Gasteiger partial charge on any atom is 0.225 e. The Bertz CT molecular complexity index is 422. The Hall–Kier alpha value is -1.56. The summed E-state index contributed by atoms with van der Waals surface area (Å²) in [6, 6.07) is 0. The summed E-state index contributed by atoms with van der Waals surface area (Å²) < 4.78 is 0. The van der Waals surface area contributed by atoms with Gasteiger partial charge in [-0.05, 0) is 19.8 Å². The number of aliphatic imine (C=N–C) groups is 1. The molecule has 0 radical (unpaired) electrons. The molecule has 6 heteroatoms. The summed E-state index contributed by atoms with van der Waals surface area (Å²) in [5, 5.41) is 3.12. The zero-order chi connectivity index (χ0) is 15.9. The minimum absolute atomic E-state index is 0.317. The first-order valence-corrected chi connectivity index (χ1v) is 8.25. The van der Waals surface area contributed by atoms with Gasteiger partial charge in [-0.25, -0.2) is 4.99 Å². The van der Waals surface area contributed by atoms with E-state index >= 15 is 0 Å². The number of piperazine rings is 1. The van der Waals surface area contributed by atoms with Gasteiger partial charge in [0.25, 0.3) is 0 Å². The van der Waals surface area contributed by atoms with E-state index in [9.17, 15) is 4.79 Å². The molecule has 0 spiro atoms. The van der Waals surface area contributed by atoms with Gasteiger partial charge in [-0.2, -0.15) is 0 Å². The second-order valence-corrected chi connectivity index (χ2v) is 6.38. The lowest BCUT2D eigenvalue weighted by atomic mass is 9.84. The molecule has 2 aliphatic rings. The van der Waals surface area contributed by atoms with E-state index < -0.39 is 0 Å². The van der Waals surface area contributed by atoms with Gasteiger partial charge in [0, 0.05) is 45.2 Å². The third kappa shape index (κ3) is 5.02. The normalized spacial score (nSPS) is 20.6. The highest BCUT2D eigenvalue weighted by atomic mass is 16.2. The second kappa shape index (κ2) is 8.17. The number of rotatable bonds is 6. The summed E-state index contributed by atoms with van der Waals surface area (Å²) in [6.45, 7) is 11.6. The molecular formula is C16H29N5O. The summed E-state index contributed by atoms with van der Waals surface area (Å²) in [4.78, 5) is 20.8. The first kappa shape index (κ1) is 16.8. The Morgan fingerprint density at radius 2 is 2.00 bits per heavy atom. The molecule has 1 aliphatic heterocycles. The number of nitrogens with zero attached hydrogens (tertiary/aromatic N) is 3. The lowest BCUT2D eigenvalue weighted by molar-refractivity contribution is -0.139. The van der Waals surface area contributed by atoms with E-state index in [-0.39, 0.29) is 0 Å². The number of amides is 1. The zero-order valence-corrected chi connectivity index (χ0v) is 13.7. The van der Waals surface area contributed by atoms with E-state index in [0.717, 1.165) is 57.7 Å². The van der Waals surface area contributed by atoms with Gasteiger partial charge in [-0.1, -0.05) is 18.6 Å². The fourth-order valence-corrected chi connectivity index (χ4v) is 2.72. The largest absolute Gasteiger partial charge is 0.370 e. The maximum atomic E-state index is 12.2. The van der Waals surface area contributed by atoms with Gasteiger partial charge in [-0.3, -0.25) is 9.69 Å². The van der Waals surface area contributed by atoms with Crippen LogP contribution in [0.4, 0.5) is 0 Å². The average Bonchev–Trinajstić information content (AvgIpc) is 2.44. The molecule has 124 valence electrons. The van der Waals surface area contributed by atoms with Crippen molar-refractivity contribution in [2.75, 3.05) is 45.8 Å². The molecule has 1 saturated heterocycles. The lowest BCUT2D eigenvalue weighted by Gasteiger charge is -2.38. The molecule has 1 heterocycles. The van der Waals surface area contributed by atoms with Crippen molar-refractivity contribution in [3.63, 3.8) is 0 Å². The van der Waals surface area contributed by atoms with E-state index in [1.54, 1.807) is 0 Å². The minimum atomic E-state index is 0.317. The third-order valence-electron chi connectivity index (χ3n) is 4.39. The molecule has 2 fully saturated rings. The van der Waals surface area contributed by atoms with Crippen molar-refractivity contribution in [3.8, 4) is 0 Å². The van der Waals surface area contributed by atoms with Crippen LogP contribution < -0.4 is 11.1 Å². The molecule has 2 rings (SSSR count). The van der Waals surface area contributed by atoms with Crippen LogP contribution in [0.5, 0.6) is 0 Å². The number of guanidine groups is 1. The van der Waals surface area contributed by atoms with Crippen LogP contribution in [-0.2, 0) is 4.79 Å². The molecule has 3 N–H and O–H groups in total. The molecule has 1 saturated carbocycles. The molecule has 6 nitrogen and oxygen atoms in total. The van der Waals surface area contributed by atoms with E-state index in [1.807, 2.05) is 11.8 Å². The summed E-state index contributed by atoms with van der Waals surface area (Å²) >= 11 is 0. The van der Waals surface area contributed by atoms with Gasteiger partial charge in [0.1, 0.15) is 0 Å². The third-order valence-corrected chi connectivity index (χ3v) is 4.39. The second-order valence-electron chi connectivity index (χ2n) is 6.38. The summed E-state index contributed by atoms with van der Waals surface area (Å²) in [5.41, 5.74) is 6.78. The van der Waals surface area contributed by atoms with Crippen molar-refractivity contribution < 1.29 is 4.79 Å². The van der Waals surface area contributed by atoms with Crippen molar-refractivity contribution >= 4 is 11.9 Å². The number of hydrogen-bond acceptors (Lipinski definition) is 3. The van der Waals surface area contributed by atoms with Gasteiger partial charge in [0.15, 0.2) is 5.96 Å². The molecule has 1 aliphatic carbocycles. The van der Waals surface area contributed by atoms with Crippen LogP contribution in [0, 0.1) is 5.92 Å². The predicted octanol–water partition coefficient (Wildman–Crippen LogP) is 0.411. The Balaban J connectivity index is 1.60. The summed E-state index contributed by atoms with van der Waals surface area (Å²) in [5.74, 6) is 1.17. The highest BCUT2D eigenvalue weighted by Crippen LogP contribution is 2.28. The van der Waals surface area contributed by atoms with E-state index in [4.69, 9.17) is 5.73 Å². The summed E-state index contributed by atoms with van der Waals surface area (Å²) in [6.07, 6.45) is 3.40. The van der Waals surface area contributed by atoms with Gasteiger partial charge in [0.05, 0.1) is 6.54 Å². The number of carbonyl (C=O) groups is 1. The summed E-state index contributed by atoms with van der Waals surface area (Å²) in [7, 11) is 0. The number of nitrogens with one attached hydrogen (secondary N) is 1. The predicted molar refractivity (Wildman–Crippen MR) is 89.7 cm³/mol. The van der Waals surface area contributed by atoms with E-state index in [1.165, 1.54) is 6.42 Å². The van der Waals surface area contributed by atoms with Gasteiger partial charge < -0.3 is 16.0 Å². The molecule has 0 bridgehead atoms. The fourth-order valence-electron chi connectivity index (χ4n) is 2.72. The SMILES string of the molecule is C=C(C)CN=C(N)NCCN1CCN(C(=O)C2CCC2)CC1. The van der Waals surface area contributed by atoms with E-state index in [2.05, 4.69) is 21.8 Å². The van der Waals surface area contributed by atoms with Gasteiger partial charge in [0.2, 0.25) is 5.91 Å². The number of carbonyl (C=O) groups excluding carboxylic acids is 1. The average molecular weight is 307 g/mol.